The van der Waals surface area contributed by atoms with Crippen LogP contribution in [0.4, 0.5) is 0 Å². The zero-order valence-electron chi connectivity index (χ0n) is 13.9. The maximum atomic E-state index is 12.4. The molecule has 4 saturated carbocycles. The molecule has 3 heteroatoms. The summed E-state index contributed by atoms with van der Waals surface area (Å²) in [5, 5.41) is 21.0. The first-order chi connectivity index (χ1) is 10.4. The Morgan fingerprint density at radius 2 is 1.86 bits per heavy atom. The molecule has 0 aliphatic heterocycles. The third-order valence-corrected chi connectivity index (χ3v) is 8.28. The average molecular weight is 306 g/mol. The second-order valence-corrected chi connectivity index (χ2v) is 9.16. The molecule has 0 aromatic heterocycles. The van der Waals surface area contributed by atoms with Gasteiger partial charge in [-0.05, 0) is 74.0 Å². The predicted molar refractivity (Wildman–Crippen MR) is 84.1 cm³/mol. The lowest BCUT2D eigenvalue weighted by Crippen LogP contribution is -2.59. The molecule has 4 aliphatic rings. The van der Waals surface area contributed by atoms with Crippen LogP contribution in [-0.4, -0.2) is 28.2 Å². The van der Waals surface area contributed by atoms with Gasteiger partial charge in [-0.25, -0.2) is 0 Å². The minimum atomic E-state index is -0.337. The van der Waals surface area contributed by atoms with Gasteiger partial charge in [-0.3, -0.25) is 4.79 Å². The molecule has 0 bridgehead atoms. The molecule has 0 radical (unpaired) electrons. The fraction of sp³-hybridized carbons (Fsp3) is 0.947. The monoisotopic (exact) mass is 306 g/mol. The molecule has 0 spiro atoms. The van der Waals surface area contributed by atoms with Crippen LogP contribution >= 0.6 is 0 Å². The van der Waals surface area contributed by atoms with Gasteiger partial charge in [0.05, 0.1) is 12.2 Å². The van der Waals surface area contributed by atoms with Crippen molar-refractivity contribution in [3.8, 4) is 0 Å². The lowest BCUT2D eigenvalue weighted by atomic mass is 9.44. The van der Waals surface area contributed by atoms with Crippen molar-refractivity contribution < 1.29 is 15.0 Å². The number of aliphatic hydroxyl groups excluding tert-OH is 2. The van der Waals surface area contributed by atoms with Crippen molar-refractivity contribution in [1.82, 2.24) is 0 Å². The minimum Gasteiger partial charge on any atom is -0.393 e. The fourth-order valence-electron chi connectivity index (χ4n) is 7.13. The molecule has 4 aliphatic carbocycles. The quantitative estimate of drug-likeness (QED) is 0.723. The molecule has 0 aromatic carbocycles. The summed E-state index contributed by atoms with van der Waals surface area (Å²) in [7, 11) is 0. The second kappa shape index (κ2) is 4.80. The highest BCUT2D eigenvalue weighted by molar-refractivity contribution is 5.87. The third-order valence-electron chi connectivity index (χ3n) is 8.28. The Kier molecular flexibility index (Phi) is 3.30. The van der Waals surface area contributed by atoms with Crippen LogP contribution in [0.5, 0.6) is 0 Å². The molecule has 0 aromatic rings. The number of hydrogen-bond acceptors (Lipinski definition) is 3. The van der Waals surface area contributed by atoms with Crippen molar-refractivity contribution in [2.45, 2.75) is 77.4 Å². The van der Waals surface area contributed by atoms with Gasteiger partial charge in [0.25, 0.3) is 0 Å². The van der Waals surface area contributed by atoms with Crippen LogP contribution in [0.2, 0.25) is 0 Å². The molecule has 3 nitrogen and oxygen atoms in total. The third kappa shape index (κ3) is 1.84. The zero-order valence-corrected chi connectivity index (χ0v) is 13.9. The van der Waals surface area contributed by atoms with Crippen molar-refractivity contribution in [3.05, 3.63) is 0 Å². The van der Waals surface area contributed by atoms with E-state index in [0.29, 0.717) is 35.9 Å². The molecular weight excluding hydrogens is 276 g/mol. The van der Waals surface area contributed by atoms with Gasteiger partial charge in [-0.2, -0.15) is 0 Å². The lowest BCUT2D eigenvalue weighted by Gasteiger charge is -2.61. The SMILES string of the molecule is C[C@]12CC[C@@H](O)C[C@@H]1CC[C@@H]1[C@@H]2C(O)C[C@]2(C)C(=O)CC[C@@H]12. The topological polar surface area (TPSA) is 57.5 Å². The number of aliphatic hydroxyl groups is 2. The van der Waals surface area contributed by atoms with E-state index in [-0.39, 0.29) is 23.0 Å². The van der Waals surface area contributed by atoms with Crippen LogP contribution in [0.1, 0.15) is 65.2 Å². The predicted octanol–water partition coefficient (Wildman–Crippen LogP) is 2.93. The van der Waals surface area contributed by atoms with Gasteiger partial charge in [-0.1, -0.05) is 13.8 Å². The van der Waals surface area contributed by atoms with E-state index in [9.17, 15) is 15.0 Å². The Balaban J connectivity index is 1.69. The Morgan fingerprint density at radius 3 is 2.64 bits per heavy atom. The molecule has 4 fully saturated rings. The van der Waals surface area contributed by atoms with Crippen LogP contribution in [-0.2, 0) is 4.79 Å². The van der Waals surface area contributed by atoms with Crippen molar-refractivity contribution in [2.75, 3.05) is 0 Å². The zero-order chi connectivity index (χ0) is 15.7. The van der Waals surface area contributed by atoms with E-state index < -0.39 is 0 Å². The number of carbonyl (C=O) groups excluding carboxylic acids is 1. The average Bonchev–Trinajstić information content (AvgIpc) is 2.75. The second-order valence-electron chi connectivity index (χ2n) is 9.16. The highest BCUT2D eigenvalue weighted by Crippen LogP contribution is 2.65. The number of hydrogen-bond donors (Lipinski definition) is 2. The molecule has 0 heterocycles. The van der Waals surface area contributed by atoms with Crippen molar-refractivity contribution in [3.63, 3.8) is 0 Å². The standard InChI is InChI=1S/C19H30O3/c1-18-8-7-12(20)9-11(18)3-4-13-14-5-6-16(22)19(14,2)10-15(21)17(13)18/h11-15,17,20-21H,3-10H2,1-2H3/t11-,12+,13-,14-,15?,17+,18-,19-/m0/s1. The Hall–Kier alpha value is -0.410. The molecule has 0 amide bonds. The van der Waals surface area contributed by atoms with E-state index >= 15 is 0 Å². The molecule has 8 atom stereocenters. The fourth-order valence-corrected chi connectivity index (χ4v) is 7.13. The largest absolute Gasteiger partial charge is 0.393 e. The molecular formula is C19H30O3. The van der Waals surface area contributed by atoms with Gasteiger partial charge in [0, 0.05) is 11.8 Å². The van der Waals surface area contributed by atoms with Crippen LogP contribution in [0.3, 0.4) is 0 Å². The molecule has 4 rings (SSSR count). The number of Topliss-reactive ketones (excluding diaryl/α,β-unsaturated/α-hetero) is 1. The van der Waals surface area contributed by atoms with E-state index in [4.69, 9.17) is 0 Å². The van der Waals surface area contributed by atoms with E-state index in [1.807, 2.05) is 0 Å². The number of ketones is 1. The molecule has 2 N–H and O–H groups in total. The maximum Gasteiger partial charge on any atom is 0.139 e. The van der Waals surface area contributed by atoms with Gasteiger partial charge in [0.15, 0.2) is 0 Å². The molecule has 124 valence electrons. The summed E-state index contributed by atoms with van der Waals surface area (Å²) >= 11 is 0. The van der Waals surface area contributed by atoms with Crippen molar-refractivity contribution in [1.29, 1.82) is 0 Å². The van der Waals surface area contributed by atoms with E-state index in [2.05, 4.69) is 13.8 Å². The first-order valence-corrected chi connectivity index (χ1v) is 9.25. The van der Waals surface area contributed by atoms with Crippen LogP contribution < -0.4 is 0 Å². The first kappa shape index (κ1) is 15.1. The van der Waals surface area contributed by atoms with Crippen LogP contribution in [0.25, 0.3) is 0 Å². The maximum absolute atomic E-state index is 12.4. The minimum absolute atomic E-state index is 0.145. The summed E-state index contributed by atoms with van der Waals surface area (Å²) in [4.78, 5) is 12.4. The van der Waals surface area contributed by atoms with E-state index in [0.717, 1.165) is 38.5 Å². The first-order valence-electron chi connectivity index (χ1n) is 9.25. The van der Waals surface area contributed by atoms with Gasteiger partial charge < -0.3 is 10.2 Å². The van der Waals surface area contributed by atoms with E-state index in [1.54, 1.807) is 0 Å². The summed E-state index contributed by atoms with van der Waals surface area (Å²) in [5.74, 6) is 2.27. The summed E-state index contributed by atoms with van der Waals surface area (Å²) in [6.45, 7) is 4.48. The van der Waals surface area contributed by atoms with Crippen LogP contribution in [0.15, 0.2) is 0 Å². The summed E-state index contributed by atoms with van der Waals surface area (Å²) < 4.78 is 0. The highest BCUT2D eigenvalue weighted by Gasteiger charge is 2.63. The normalized spacial score (nSPS) is 57.9. The van der Waals surface area contributed by atoms with Crippen molar-refractivity contribution >= 4 is 5.78 Å². The lowest BCUT2D eigenvalue weighted by molar-refractivity contribution is -0.175. The summed E-state index contributed by atoms with van der Waals surface area (Å²) in [6.07, 6.45) is 7.08. The Morgan fingerprint density at radius 1 is 1.09 bits per heavy atom. The highest BCUT2D eigenvalue weighted by atomic mass is 16.3. The molecule has 1 unspecified atom stereocenters. The summed E-state index contributed by atoms with van der Waals surface area (Å²) in [6, 6.07) is 0. The summed E-state index contributed by atoms with van der Waals surface area (Å²) in [5.41, 5.74) is -0.105. The number of rotatable bonds is 0. The molecule has 22 heavy (non-hydrogen) atoms. The Bertz CT molecular complexity index is 489. The van der Waals surface area contributed by atoms with Gasteiger partial charge in [0.1, 0.15) is 5.78 Å². The smallest absolute Gasteiger partial charge is 0.139 e. The van der Waals surface area contributed by atoms with E-state index in [1.165, 1.54) is 6.42 Å². The van der Waals surface area contributed by atoms with Crippen molar-refractivity contribution in [2.24, 2.45) is 34.5 Å². The number of carbonyl (C=O) groups is 1. The Labute approximate surface area is 133 Å². The van der Waals surface area contributed by atoms with Gasteiger partial charge >= 0.3 is 0 Å². The molecule has 0 saturated heterocycles. The van der Waals surface area contributed by atoms with Gasteiger partial charge in [0.2, 0.25) is 0 Å². The number of fused-ring (bicyclic) bond motifs is 5. The van der Waals surface area contributed by atoms with Crippen LogP contribution in [0, 0.1) is 34.5 Å². The van der Waals surface area contributed by atoms with Gasteiger partial charge in [-0.15, -0.1) is 0 Å².